The van der Waals surface area contributed by atoms with E-state index < -0.39 is 0 Å². The molecule has 1 N–H and O–H groups in total. The summed E-state index contributed by atoms with van der Waals surface area (Å²) in [5.74, 6) is 0.878. The zero-order valence-corrected chi connectivity index (χ0v) is 11.7. The zero-order valence-electron chi connectivity index (χ0n) is 11.7. The van der Waals surface area contributed by atoms with Crippen LogP contribution < -0.4 is 5.32 Å². The van der Waals surface area contributed by atoms with E-state index in [2.05, 4.69) is 17.1 Å². The summed E-state index contributed by atoms with van der Waals surface area (Å²) in [4.78, 5) is 2.54. The van der Waals surface area contributed by atoms with Crippen molar-refractivity contribution in [3.63, 3.8) is 0 Å². The molecule has 102 valence electrons. The fraction of sp³-hybridized carbons (Fsp3) is 1.00. The summed E-state index contributed by atoms with van der Waals surface area (Å²) < 4.78 is 10.6. The van der Waals surface area contributed by atoms with Crippen LogP contribution in [0.2, 0.25) is 0 Å². The Morgan fingerprint density at radius 1 is 1.29 bits per heavy atom. The Bertz CT molecular complexity index is 192. The molecular weight excluding hydrogens is 216 g/mol. The van der Waals surface area contributed by atoms with Gasteiger partial charge in [0, 0.05) is 39.4 Å². The molecule has 0 aromatic carbocycles. The standard InChI is InChI=1S/C13H28N2O2/c1-11(12-5-6-12)15(7-8-16-3)13(9-14-2)10-17-4/h11-14H,5-10H2,1-4H3. The Labute approximate surface area is 106 Å². The van der Waals surface area contributed by atoms with Crippen molar-refractivity contribution < 1.29 is 9.47 Å². The van der Waals surface area contributed by atoms with Crippen molar-refractivity contribution in [2.75, 3.05) is 47.6 Å². The minimum atomic E-state index is 0.441. The van der Waals surface area contributed by atoms with E-state index in [-0.39, 0.29) is 0 Å². The molecule has 2 atom stereocenters. The van der Waals surface area contributed by atoms with Crippen molar-refractivity contribution in [2.24, 2.45) is 5.92 Å². The summed E-state index contributed by atoms with van der Waals surface area (Å²) in [6.07, 6.45) is 2.76. The maximum Gasteiger partial charge on any atom is 0.0630 e. The first-order chi connectivity index (χ1) is 8.24. The first-order valence-corrected chi connectivity index (χ1v) is 6.62. The van der Waals surface area contributed by atoms with Crippen LogP contribution in [0.5, 0.6) is 0 Å². The molecule has 0 spiro atoms. The van der Waals surface area contributed by atoms with Crippen LogP contribution in [-0.4, -0.2) is 64.6 Å². The molecule has 0 saturated heterocycles. The summed E-state index contributed by atoms with van der Waals surface area (Å²) in [5, 5.41) is 3.26. The van der Waals surface area contributed by atoms with Crippen LogP contribution >= 0.6 is 0 Å². The minimum absolute atomic E-state index is 0.441. The first-order valence-electron chi connectivity index (χ1n) is 6.62. The number of ether oxygens (including phenoxy) is 2. The number of nitrogens with zero attached hydrogens (tertiary/aromatic N) is 1. The van der Waals surface area contributed by atoms with Crippen LogP contribution in [-0.2, 0) is 9.47 Å². The van der Waals surface area contributed by atoms with E-state index in [9.17, 15) is 0 Å². The number of nitrogens with one attached hydrogen (secondary N) is 1. The van der Waals surface area contributed by atoms with Crippen molar-refractivity contribution in [3.8, 4) is 0 Å². The second-order valence-corrected chi connectivity index (χ2v) is 4.98. The van der Waals surface area contributed by atoms with Gasteiger partial charge in [0.1, 0.15) is 0 Å². The van der Waals surface area contributed by atoms with Gasteiger partial charge in [0.15, 0.2) is 0 Å². The molecule has 0 bridgehead atoms. The van der Waals surface area contributed by atoms with Crippen LogP contribution in [0.25, 0.3) is 0 Å². The van der Waals surface area contributed by atoms with Gasteiger partial charge in [-0.3, -0.25) is 4.90 Å². The number of likely N-dealkylation sites (N-methyl/N-ethyl adjacent to an activating group) is 1. The molecule has 1 saturated carbocycles. The Morgan fingerprint density at radius 2 is 2.00 bits per heavy atom. The molecule has 0 aromatic heterocycles. The Kier molecular flexibility index (Phi) is 7.04. The lowest BCUT2D eigenvalue weighted by Gasteiger charge is -2.36. The molecule has 17 heavy (non-hydrogen) atoms. The number of hydrogen-bond acceptors (Lipinski definition) is 4. The van der Waals surface area contributed by atoms with Gasteiger partial charge in [0.2, 0.25) is 0 Å². The summed E-state index contributed by atoms with van der Waals surface area (Å²) in [6.45, 7) is 5.87. The second kappa shape index (κ2) is 8.03. The van der Waals surface area contributed by atoms with Crippen LogP contribution in [0.1, 0.15) is 19.8 Å². The molecule has 0 heterocycles. The van der Waals surface area contributed by atoms with Crippen molar-refractivity contribution in [2.45, 2.75) is 31.8 Å². The number of methoxy groups -OCH3 is 2. The zero-order chi connectivity index (χ0) is 12.7. The highest BCUT2D eigenvalue weighted by atomic mass is 16.5. The number of rotatable bonds is 10. The van der Waals surface area contributed by atoms with Gasteiger partial charge >= 0.3 is 0 Å². The van der Waals surface area contributed by atoms with Crippen molar-refractivity contribution in [1.82, 2.24) is 10.2 Å². The summed E-state index contributed by atoms with van der Waals surface area (Å²) in [5.41, 5.74) is 0. The second-order valence-electron chi connectivity index (χ2n) is 4.98. The highest BCUT2D eigenvalue weighted by Gasteiger charge is 2.34. The molecule has 1 aliphatic carbocycles. The largest absolute Gasteiger partial charge is 0.383 e. The highest BCUT2D eigenvalue weighted by molar-refractivity contribution is 4.88. The van der Waals surface area contributed by atoms with Gasteiger partial charge in [-0.1, -0.05) is 0 Å². The van der Waals surface area contributed by atoms with Crippen LogP contribution in [0.3, 0.4) is 0 Å². The van der Waals surface area contributed by atoms with E-state index >= 15 is 0 Å². The van der Waals surface area contributed by atoms with Gasteiger partial charge < -0.3 is 14.8 Å². The molecule has 0 radical (unpaired) electrons. The third-order valence-corrected chi connectivity index (χ3v) is 3.65. The van der Waals surface area contributed by atoms with Crippen molar-refractivity contribution in [1.29, 1.82) is 0 Å². The van der Waals surface area contributed by atoms with E-state index in [1.165, 1.54) is 12.8 Å². The van der Waals surface area contributed by atoms with E-state index in [4.69, 9.17) is 9.47 Å². The SMILES string of the molecule is CNCC(COC)N(CCOC)C(C)C1CC1. The van der Waals surface area contributed by atoms with Gasteiger partial charge in [0.25, 0.3) is 0 Å². The lowest BCUT2D eigenvalue weighted by atomic mass is 10.1. The molecule has 1 fully saturated rings. The van der Waals surface area contributed by atoms with Crippen LogP contribution in [0, 0.1) is 5.92 Å². The van der Waals surface area contributed by atoms with Gasteiger partial charge in [-0.15, -0.1) is 0 Å². The molecule has 4 heteroatoms. The molecule has 1 aliphatic rings. The lowest BCUT2D eigenvalue weighted by molar-refractivity contribution is 0.0387. The molecule has 4 nitrogen and oxygen atoms in total. The third-order valence-electron chi connectivity index (χ3n) is 3.65. The smallest absolute Gasteiger partial charge is 0.0630 e. The molecule has 2 unspecified atom stereocenters. The maximum atomic E-state index is 5.35. The Hall–Kier alpha value is -0.160. The summed E-state index contributed by atoms with van der Waals surface area (Å²) >= 11 is 0. The van der Waals surface area contributed by atoms with Gasteiger partial charge in [0.05, 0.1) is 13.2 Å². The monoisotopic (exact) mass is 244 g/mol. The van der Waals surface area contributed by atoms with Gasteiger partial charge in [-0.25, -0.2) is 0 Å². The quantitative estimate of drug-likeness (QED) is 0.621. The van der Waals surface area contributed by atoms with Crippen molar-refractivity contribution >= 4 is 0 Å². The number of hydrogen-bond donors (Lipinski definition) is 1. The van der Waals surface area contributed by atoms with Gasteiger partial charge in [-0.2, -0.15) is 0 Å². The van der Waals surface area contributed by atoms with Crippen LogP contribution in [0.4, 0.5) is 0 Å². The molecule has 0 amide bonds. The average molecular weight is 244 g/mol. The molecule has 1 rings (SSSR count). The third kappa shape index (κ3) is 4.92. The topological polar surface area (TPSA) is 33.7 Å². The van der Waals surface area contributed by atoms with E-state index in [0.717, 1.165) is 32.2 Å². The Morgan fingerprint density at radius 3 is 2.47 bits per heavy atom. The first kappa shape index (κ1) is 14.9. The average Bonchev–Trinajstić information content (AvgIpc) is 3.13. The summed E-state index contributed by atoms with van der Waals surface area (Å²) in [6, 6.07) is 1.08. The predicted octanol–water partition coefficient (Wildman–Crippen LogP) is 0.968. The van der Waals surface area contributed by atoms with E-state index in [1.807, 2.05) is 7.05 Å². The molecular formula is C13H28N2O2. The van der Waals surface area contributed by atoms with Gasteiger partial charge in [-0.05, 0) is 32.7 Å². The predicted molar refractivity (Wildman–Crippen MR) is 70.4 cm³/mol. The fourth-order valence-corrected chi connectivity index (χ4v) is 2.46. The lowest BCUT2D eigenvalue weighted by Crippen LogP contribution is -2.50. The Balaban J connectivity index is 2.55. The van der Waals surface area contributed by atoms with Crippen molar-refractivity contribution in [3.05, 3.63) is 0 Å². The fourth-order valence-electron chi connectivity index (χ4n) is 2.46. The van der Waals surface area contributed by atoms with Crippen LogP contribution in [0.15, 0.2) is 0 Å². The summed E-state index contributed by atoms with van der Waals surface area (Å²) in [7, 11) is 5.54. The maximum absolute atomic E-state index is 5.35. The minimum Gasteiger partial charge on any atom is -0.383 e. The molecule has 0 aliphatic heterocycles. The highest BCUT2D eigenvalue weighted by Crippen LogP contribution is 2.35. The van der Waals surface area contributed by atoms with E-state index in [1.54, 1.807) is 14.2 Å². The normalized spacial score (nSPS) is 19.6. The van der Waals surface area contributed by atoms with E-state index in [0.29, 0.717) is 12.1 Å². The molecule has 0 aromatic rings.